The van der Waals surface area contributed by atoms with Gasteiger partial charge in [-0.15, -0.1) is 0 Å². The summed E-state index contributed by atoms with van der Waals surface area (Å²) in [6, 6.07) is 2.40. The van der Waals surface area contributed by atoms with E-state index in [1.807, 2.05) is 0 Å². The van der Waals surface area contributed by atoms with Crippen molar-refractivity contribution in [3.05, 3.63) is 0 Å². The zero-order valence-electron chi connectivity index (χ0n) is 12.2. The fourth-order valence-corrected chi connectivity index (χ4v) is 3.37. The van der Waals surface area contributed by atoms with Crippen LogP contribution in [0.25, 0.3) is 0 Å². The zero-order chi connectivity index (χ0) is 14.1. The average molecular weight is 264 g/mol. The molecule has 2 aliphatic rings. The zero-order valence-corrected chi connectivity index (χ0v) is 12.2. The Morgan fingerprint density at radius 3 is 2.42 bits per heavy atom. The quantitative estimate of drug-likeness (QED) is 0.851. The van der Waals surface area contributed by atoms with Crippen LogP contribution in [0.15, 0.2) is 0 Å². The second kappa shape index (κ2) is 5.13. The van der Waals surface area contributed by atoms with Crippen molar-refractivity contribution in [3.8, 4) is 6.07 Å². The van der Waals surface area contributed by atoms with E-state index in [-0.39, 0.29) is 23.5 Å². The van der Waals surface area contributed by atoms with Crippen molar-refractivity contribution in [2.24, 2.45) is 10.8 Å². The lowest BCUT2D eigenvalue weighted by atomic mass is 9.64. The Morgan fingerprint density at radius 1 is 1.32 bits per heavy atom. The molecule has 19 heavy (non-hydrogen) atoms. The van der Waals surface area contributed by atoms with E-state index in [1.54, 1.807) is 7.11 Å². The van der Waals surface area contributed by atoms with Gasteiger partial charge < -0.3 is 10.1 Å². The minimum Gasteiger partial charge on any atom is -0.381 e. The van der Waals surface area contributed by atoms with Gasteiger partial charge in [0, 0.05) is 18.6 Å². The third kappa shape index (κ3) is 2.36. The van der Waals surface area contributed by atoms with Crippen molar-refractivity contribution < 1.29 is 9.53 Å². The molecule has 0 aromatic rings. The molecule has 2 fully saturated rings. The molecule has 0 aromatic heterocycles. The Balaban J connectivity index is 2.00. The lowest BCUT2D eigenvalue weighted by molar-refractivity contribution is -0.140. The Kier molecular flexibility index (Phi) is 3.87. The first-order valence-corrected chi connectivity index (χ1v) is 7.21. The summed E-state index contributed by atoms with van der Waals surface area (Å²) >= 11 is 0. The van der Waals surface area contributed by atoms with E-state index in [1.165, 1.54) is 0 Å². The highest BCUT2D eigenvalue weighted by Gasteiger charge is 2.51. The molecule has 2 saturated carbocycles. The first-order chi connectivity index (χ1) is 8.96. The summed E-state index contributed by atoms with van der Waals surface area (Å²) in [5.41, 5.74) is -0.831. The molecule has 0 radical (unpaired) electrons. The minimum absolute atomic E-state index is 0.0459. The topological polar surface area (TPSA) is 62.1 Å². The molecule has 2 unspecified atom stereocenters. The van der Waals surface area contributed by atoms with Crippen LogP contribution in [0.2, 0.25) is 0 Å². The van der Waals surface area contributed by atoms with Crippen molar-refractivity contribution in [2.45, 2.75) is 64.5 Å². The predicted octanol–water partition coefficient (Wildman–Crippen LogP) is 2.39. The van der Waals surface area contributed by atoms with Crippen LogP contribution in [0.3, 0.4) is 0 Å². The van der Waals surface area contributed by atoms with Gasteiger partial charge in [0.15, 0.2) is 0 Å². The van der Waals surface area contributed by atoms with Gasteiger partial charge in [-0.25, -0.2) is 0 Å². The smallest absolute Gasteiger partial charge is 0.240 e. The number of hydrogen-bond acceptors (Lipinski definition) is 3. The highest BCUT2D eigenvalue weighted by atomic mass is 16.5. The first kappa shape index (κ1) is 14.3. The maximum atomic E-state index is 12.5. The van der Waals surface area contributed by atoms with E-state index in [0.29, 0.717) is 12.8 Å². The maximum Gasteiger partial charge on any atom is 0.240 e. The summed E-state index contributed by atoms with van der Waals surface area (Å²) in [7, 11) is 1.71. The largest absolute Gasteiger partial charge is 0.381 e. The summed E-state index contributed by atoms with van der Waals surface area (Å²) in [6.45, 7) is 4.21. The van der Waals surface area contributed by atoms with Crippen LogP contribution in [0.1, 0.15) is 52.4 Å². The highest BCUT2D eigenvalue weighted by Crippen LogP contribution is 2.43. The van der Waals surface area contributed by atoms with Crippen LogP contribution >= 0.6 is 0 Å². The molecule has 2 aliphatic carbocycles. The number of nitrogens with zero attached hydrogens (tertiary/aromatic N) is 1. The van der Waals surface area contributed by atoms with Crippen molar-refractivity contribution in [3.63, 3.8) is 0 Å². The minimum atomic E-state index is -0.785. The molecule has 0 saturated heterocycles. The van der Waals surface area contributed by atoms with Gasteiger partial charge in [-0.2, -0.15) is 5.26 Å². The number of nitrogens with one attached hydrogen (secondary N) is 1. The van der Waals surface area contributed by atoms with Gasteiger partial charge in [-0.3, -0.25) is 4.79 Å². The van der Waals surface area contributed by atoms with E-state index in [0.717, 1.165) is 25.7 Å². The number of amides is 1. The van der Waals surface area contributed by atoms with Gasteiger partial charge in [-0.1, -0.05) is 33.1 Å². The van der Waals surface area contributed by atoms with Crippen molar-refractivity contribution >= 4 is 5.91 Å². The molecule has 0 aromatic carbocycles. The number of carbonyl (C=O) groups excluding carboxylic acids is 1. The van der Waals surface area contributed by atoms with Crippen LogP contribution < -0.4 is 5.32 Å². The van der Waals surface area contributed by atoms with Gasteiger partial charge in [0.1, 0.15) is 5.41 Å². The van der Waals surface area contributed by atoms with Crippen molar-refractivity contribution in [2.75, 3.05) is 7.11 Å². The van der Waals surface area contributed by atoms with Crippen molar-refractivity contribution in [1.29, 1.82) is 5.26 Å². The third-order valence-electron chi connectivity index (χ3n) is 5.12. The predicted molar refractivity (Wildman–Crippen MR) is 72.3 cm³/mol. The van der Waals surface area contributed by atoms with Gasteiger partial charge in [0.05, 0.1) is 12.2 Å². The second-order valence-electron chi connectivity index (χ2n) is 6.56. The Labute approximate surface area is 115 Å². The molecular formula is C15H24N2O2. The van der Waals surface area contributed by atoms with Gasteiger partial charge >= 0.3 is 0 Å². The summed E-state index contributed by atoms with van der Waals surface area (Å²) in [6.07, 6.45) is 5.55. The number of rotatable bonds is 3. The molecular weight excluding hydrogens is 240 g/mol. The number of hydrogen-bond donors (Lipinski definition) is 1. The molecule has 0 spiro atoms. The molecule has 1 N–H and O–H groups in total. The first-order valence-electron chi connectivity index (χ1n) is 7.21. The molecule has 4 heteroatoms. The van der Waals surface area contributed by atoms with Crippen LogP contribution in [0, 0.1) is 22.2 Å². The van der Waals surface area contributed by atoms with Crippen LogP contribution in [-0.4, -0.2) is 25.2 Å². The molecule has 0 aliphatic heterocycles. The summed E-state index contributed by atoms with van der Waals surface area (Å²) < 4.78 is 5.39. The normalized spacial score (nSPS) is 31.9. The maximum absolute atomic E-state index is 12.5. The lowest BCUT2D eigenvalue weighted by Crippen LogP contribution is -2.63. The Hall–Kier alpha value is -1.08. The van der Waals surface area contributed by atoms with Gasteiger partial charge in [-0.05, 0) is 19.3 Å². The Bertz CT molecular complexity index is 391. The van der Waals surface area contributed by atoms with E-state index >= 15 is 0 Å². The van der Waals surface area contributed by atoms with Gasteiger partial charge in [0.2, 0.25) is 5.91 Å². The third-order valence-corrected chi connectivity index (χ3v) is 5.12. The van der Waals surface area contributed by atoms with Crippen LogP contribution in [0.5, 0.6) is 0 Å². The monoisotopic (exact) mass is 264 g/mol. The average Bonchev–Trinajstić information content (AvgIpc) is 2.43. The van der Waals surface area contributed by atoms with E-state index in [4.69, 9.17) is 4.74 Å². The number of nitriles is 1. The second-order valence-corrected chi connectivity index (χ2v) is 6.56. The van der Waals surface area contributed by atoms with Gasteiger partial charge in [0.25, 0.3) is 0 Å². The van der Waals surface area contributed by atoms with Crippen molar-refractivity contribution in [1.82, 2.24) is 5.32 Å². The highest BCUT2D eigenvalue weighted by molar-refractivity contribution is 5.86. The van der Waals surface area contributed by atoms with E-state index in [9.17, 15) is 10.1 Å². The summed E-state index contributed by atoms with van der Waals surface area (Å²) in [5, 5.41) is 12.5. The number of carbonyl (C=O) groups is 1. The van der Waals surface area contributed by atoms with Crippen LogP contribution in [-0.2, 0) is 9.53 Å². The van der Waals surface area contributed by atoms with Crippen LogP contribution in [0.4, 0.5) is 0 Å². The summed E-state index contributed by atoms with van der Waals surface area (Å²) in [4.78, 5) is 12.5. The summed E-state index contributed by atoms with van der Waals surface area (Å²) in [5.74, 6) is -0.0673. The molecule has 4 nitrogen and oxygen atoms in total. The molecule has 2 rings (SSSR count). The Morgan fingerprint density at radius 2 is 1.95 bits per heavy atom. The molecule has 1 amide bonds. The standard InChI is InChI=1S/C15H24N2O2/c1-14(2)11(9-12(14)19-3)17-13(18)15(10-16)7-5-4-6-8-15/h11-12H,4-9H2,1-3H3,(H,17,18). The number of ether oxygens (including phenoxy) is 1. The fraction of sp³-hybridized carbons (Fsp3) is 0.867. The lowest BCUT2D eigenvalue weighted by Gasteiger charge is -2.51. The SMILES string of the molecule is COC1CC(NC(=O)C2(C#N)CCCCC2)C1(C)C. The fourth-order valence-electron chi connectivity index (χ4n) is 3.37. The molecule has 2 atom stereocenters. The molecule has 106 valence electrons. The molecule has 0 bridgehead atoms. The number of methoxy groups -OCH3 is 1. The van der Waals surface area contributed by atoms with E-state index < -0.39 is 5.41 Å². The van der Waals surface area contributed by atoms with E-state index in [2.05, 4.69) is 25.2 Å². The molecule has 0 heterocycles.